The maximum atomic E-state index is 5.49. The first kappa shape index (κ1) is 27.0. The van der Waals surface area contributed by atoms with E-state index in [2.05, 4.69) is 51.4 Å². The van der Waals surface area contributed by atoms with Gasteiger partial charge < -0.3 is 29.9 Å². The maximum absolute atomic E-state index is 5.49. The molecule has 2 aromatic rings. The first-order chi connectivity index (χ1) is 15.7. The number of piperazine rings is 1. The Bertz CT molecular complexity index is 870. The zero-order chi connectivity index (χ0) is 22.8. The molecule has 0 amide bonds. The molecule has 8 nitrogen and oxygen atoms in total. The fourth-order valence-electron chi connectivity index (χ4n) is 3.68. The Morgan fingerprint density at radius 3 is 2.42 bits per heavy atom. The van der Waals surface area contributed by atoms with E-state index in [1.54, 1.807) is 14.2 Å². The van der Waals surface area contributed by atoms with Gasteiger partial charge in [-0.25, -0.2) is 9.98 Å². The van der Waals surface area contributed by atoms with E-state index in [0.29, 0.717) is 13.1 Å². The van der Waals surface area contributed by atoms with Gasteiger partial charge in [0.1, 0.15) is 17.3 Å². The third-order valence-corrected chi connectivity index (χ3v) is 5.66. The number of halogens is 1. The molecule has 1 saturated heterocycles. The van der Waals surface area contributed by atoms with Crippen LogP contribution in [0.1, 0.15) is 25.0 Å². The number of guanidine groups is 1. The van der Waals surface area contributed by atoms with Crippen LogP contribution < -0.4 is 25.0 Å². The van der Waals surface area contributed by atoms with Crippen LogP contribution in [0.4, 0.5) is 5.82 Å². The summed E-state index contributed by atoms with van der Waals surface area (Å²) in [7, 11) is 3.31. The number of aromatic nitrogens is 1. The molecule has 1 fully saturated rings. The number of aliphatic imine (C=N–C) groups is 1. The van der Waals surface area contributed by atoms with Gasteiger partial charge in [0, 0.05) is 57.1 Å². The number of hydrogen-bond acceptors (Lipinski definition) is 6. The van der Waals surface area contributed by atoms with Crippen molar-refractivity contribution in [1.29, 1.82) is 0 Å². The first-order valence-electron chi connectivity index (χ1n) is 11.3. The summed E-state index contributed by atoms with van der Waals surface area (Å²) < 4.78 is 10.8. The van der Waals surface area contributed by atoms with Gasteiger partial charge in [0.15, 0.2) is 5.96 Å². The van der Waals surface area contributed by atoms with E-state index in [4.69, 9.17) is 14.5 Å². The number of pyridine rings is 1. The van der Waals surface area contributed by atoms with Crippen LogP contribution in [0, 0.1) is 0 Å². The molecule has 0 aliphatic carbocycles. The smallest absolute Gasteiger partial charge is 0.191 e. The average molecular weight is 569 g/mol. The van der Waals surface area contributed by atoms with Crippen molar-refractivity contribution in [3.05, 3.63) is 47.7 Å². The molecule has 2 N–H and O–H groups in total. The van der Waals surface area contributed by atoms with Crippen molar-refractivity contribution < 1.29 is 9.47 Å². The highest BCUT2D eigenvalue weighted by atomic mass is 127. The fourth-order valence-corrected chi connectivity index (χ4v) is 3.68. The highest BCUT2D eigenvalue weighted by Crippen LogP contribution is 2.24. The van der Waals surface area contributed by atoms with E-state index in [-0.39, 0.29) is 24.0 Å². The number of benzene rings is 1. The van der Waals surface area contributed by atoms with E-state index < -0.39 is 0 Å². The molecular formula is C24H37IN6O2. The van der Waals surface area contributed by atoms with Crippen molar-refractivity contribution in [1.82, 2.24) is 20.5 Å². The third-order valence-electron chi connectivity index (χ3n) is 5.66. The summed E-state index contributed by atoms with van der Waals surface area (Å²) in [6.07, 6.45) is 1.93. The van der Waals surface area contributed by atoms with Crippen LogP contribution in [-0.2, 0) is 13.1 Å². The van der Waals surface area contributed by atoms with Crippen molar-refractivity contribution in [3.63, 3.8) is 0 Å². The van der Waals surface area contributed by atoms with Gasteiger partial charge in [-0.05, 0) is 37.2 Å². The summed E-state index contributed by atoms with van der Waals surface area (Å²) in [6.45, 7) is 11.6. The standard InChI is InChI=1S/C24H36N6O2.HI/c1-5-25-24(28-18-20-8-9-21(31-3)15-22(20)32-4)27-17-19-7-10-23(26-16-19)30-13-11-29(6-2)12-14-30;/h7-10,15-16H,5-6,11-14,17-18H2,1-4H3,(H2,25,27,28);1H. The number of ether oxygens (including phenoxy) is 2. The molecule has 3 rings (SSSR count). The second-order valence-corrected chi connectivity index (χ2v) is 7.67. The molecule has 1 aromatic carbocycles. The molecule has 0 bridgehead atoms. The lowest BCUT2D eigenvalue weighted by Crippen LogP contribution is -2.46. The molecule has 0 radical (unpaired) electrons. The zero-order valence-corrected chi connectivity index (χ0v) is 22.5. The second kappa shape index (κ2) is 14.1. The van der Waals surface area contributed by atoms with Gasteiger partial charge in [-0.2, -0.15) is 0 Å². The monoisotopic (exact) mass is 568 g/mol. The number of rotatable bonds is 9. The first-order valence-corrected chi connectivity index (χ1v) is 11.3. The molecule has 0 saturated carbocycles. The van der Waals surface area contributed by atoms with Gasteiger partial charge in [0.2, 0.25) is 0 Å². The van der Waals surface area contributed by atoms with E-state index in [1.807, 2.05) is 24.4 Å². The molecule has 1 aliphatic heterocycles. The molecule has 0 atom stereocenters. The van der Waals surface area contributed by atoms with Gasteiger partial charge in [-0.15, -0.1) is 24.0 Å². The van der Waals surface area contributed by atoms with Crippen LogP contribution in [-0.4, -0.2) is 69.3 Å². The summed E-state index contributed by atoms with van der Waals surface area (Å²) in [4.78, 5) is 14.2. The molecular weight excluding hydrogens is 531 g/mol. The summed E-state index contributed by atoms with van der Waals surface area (Å²) in [5, 5.41) is 6.67. The van der Waals surface area contributed by atoms with Gasteiger partial charge >= 0.3 is 0 Å². The maximum Gasteiger partial charge on any atom is 0.191 e. The minimum atomic E-state index is 0. The minimum absolute atomic E-state index is 0. The third kappa shape index (κ3) is 7.92. The van der Waals surface area contributed by atoms with Gasteiger partial charge in [0.05, 0.1) is 20.8 Å². The second-order valence-electron chi connectivity index (χ2n) is 7.67. The molecule has 0 unspecified atom stereocenters. The largest absolute Gasteiger partial charge is 0.497 e. The van der Waals surface area contributed by atoms with Crippen LogP contribution in [0.5, 0.6) is 11.5 Å². The Morgan fingerprint density at radius 1 is 1.03 bits per heavy atom. The summed E-state index contributed by atoms with van der Waals surface area (Å²) in [5.41, 5.74) is 2.12. The lowest BCUT2D eigenvalue weighted by Gasteiger charge is -2.34. The molecule has 0 spiro atoms. The SMILES string of the molecule is CCNC(=NCc1ccc(N2CCN(CC)CC2)nc1)NCc1ccc(OC)cc1OC.I. The Labute approximate surface area is 214 Å². The average Bonchev–Trinajstić information content (AvgIpc) is 2.86. The number of methoxy groups -OCH3 is 2. The van der Waals surface area contributed by atoms with Crippen LogP contribution in [0.3, 0.4) is 0 Å². The minimum Gasteiger partial charge on any atom is -0.497 e. The Balaban J connectivity index is 0.00000385. The number of nitrogens with zero attached hydrogens (tertiary/aromatic N) is 4. The quantitative estimate of drug-likeness (QED) is 0.274. The van der Waals surface area contributed by atoms with Gasteiger partial charge in [0.25, 0.3) is 0 Å². The van der Waals surface area contributed by atoms with E-state index in [9.17, 15) is 0 Å². The van der Waals surface area contributed by atoms with E-state index in [0.717, 1.165) is 73.7 Å². The summed E-state index contributed by atoms with van der Waals surface area (Å²) in [5.74, 6) is 3.36. The normalized spacial score (nSPS) is 14.4. The molecule has 2 heterocycles. The molecule has 1 aromatic heterocycles. The highest BCUT2D eigenvalue weighted by Gasteiger charge is 2.16. The number of nitrogens with one attached hydrogen (secondary N) is 2. The summed E-state index contributed by atoms with van der Waals surface area (Å²) in [6, 6.07) is 10.0. The van der Waals surface area contributed by atoms with Crippen molar-refractivity contribution in [2.75, 3.05) is 58.4 Å². The van der Waals surface area contributed by atoms with Crippen molar-refractivity contribution >= 4 is 35.8 Å². The predicted octanol–water partition coefficient (Wildman–Crippen LogP) is 3.11. The van der Waals surface area contributed by atoms with E-state index in [1.165, 1.54) is 0 Å². The van der Waals surface area contributed by atoms with Gasteiger partial charge in [-0.3, -0.25) is 0 Å². The number of anilines is 1. The molecule has 1 aliphatic rings. The van der Waals surface area contributed by atoms with Crippen LogP contribution in [0.25, 0.3) is 0 Å². The number of likely N-dealkylation sites (N-methyl/N-ethyl adjacent to an activating group) is 1. The van der Waals surface area contributed by atoms with Crippen LogP contribution in [0.15, 0.2) is 41.5 Å². The highest BCUT2D eigenvalue weighted by molar-refractivity contribution is 14.0. The van der Waals surface area contributed by atoms with E-state index >= 15 is 0 Å². The Morgan fingerprint density at radius 2 is 1.82 bits per heavy atom. The molecule has 9 heteroatoms. The van der Waals surface area contributed by atoms with Gasteiger partial charge in [-0.1, -0.05) is 13.0 Å². The lowest BCUT2D eigenvalue weighted by molar-refractivity contribution is 0.270. The fraction of sp³-hybridized carbons (Fsp3) is 0.500. The van der Waals surface area contributed by atoms with Crippen molar-refractivity contribution in [3.8, 4) is 11.5 Å². The lowest BCUT2D eigenvalue weighted by atomic mass is 10.2. The van der Waals surface area contributed by atoms with Crippen molar-refractivity contribution in [2.45, 2.75) is 26.9 Å². The topological polar surface area (TPSA) is 74.3 Å². The summed E-state index contributed by atoms with van der Waals surface area (Å²) >= 11 is 0. The van der Waals surface area contributed by atoms with Crippen molar-refractivity contribution in [2.24, 2.45) is 4.99 Å². The number of hydrogen-bond donors (Lipinski definition) is 2. The Hall–Kier alpha value is -2.27. The Kier molecular flexibility index (Phi) is 11.5. The zero-order valence-electron chi connectivity index (χ0n) is 20.1. The van der Waals surface area contributed by atoms with Crippen LogP contribution in [0.2, 0.25) is 0 Å². The predicted molar refractivity (Wildman–Crippen MR) is 145 cm³/mol. The molecule has 182 valence electrons. The van der Waals surface area contributed by atoms with Crippen LogP contribution >= 0.6 is 24.0 Å². The molecule has 33 heavy (non-hydrogen) atoms.